The third-order valence-corrected chi connectivity index (χ3v) is 5.86. The molecular formula is C16H15Cl3N2O3S. The Bertz CT molecular complexity index is 917. The molecular weight excluding hydrogens is 407 g/mol. The number of benzene rings is 2. The minimum atomic E-state index is -4.02. The number of anilines is 1. The van der Waals surface area contributed by atoms with E-state index in [1.54, 1.807) is 25.1 Å². The number of sulfonamides is 1. The number of halogens is 3. The van der Waals surface area contributed by atoms with Crippen LogP contribution in [-0.2, 0) is 14.8 Å². The number of carbonyl (C=O) groups excluding carboxylic acids is 1. The fourth-order valence-corrected chi connectivity index (χ4v) is 4.14. The topological polar surface area (TPSA) is 75.3 Å². The van der Waals surface area contributed by atoms with E-state index in [1.165, 1.54) is 25.1 Å². The molecule has 1 atom stereocenters. The Labute approximate surface area is 161 Å². The molecule has 0 aromatic heterocycles. The molecule has 2 aromatic rings. The van der Waals surface area contributed by atoms with Crippen LogP contribution in [-0.4, -0.2) is 20.4 Å². The number of amides is 1. The lowest BCUT2D eigenvalue weighted by Gasteiger charge is -2.16. The Morgan fingerprint density at radius 2 is 1.64 bits per heavy atom. The highest BCUT2D eigenvalue weighted by atomic mass is 35.5. The van der Waals surface area contributed by atoms with Crippen LogP contribution in [0.4, 0.5) is 5.69 Å². The number of nitrogens with one attached hydrogen (secondary N) is 2. The molecule has 0 aliphatic carbocycles. The van der Waals surface area contributed by atoms with Gasteiger partial charge in [0.1, 0.15) is 4.90 Å². The molecule has 25 heavy (non-hydrogen) atoms. The quantitative estimate of drug-likeness (QED) is 0.757. The zero-order valence-corrected chi connectivity index (χ0v) is 16.4. The first-order chi connectivity index (χ1) is 11.6. The maximum absolute atomic E-state index is 12.4. The first-order valence-electron chi connectivity index (χ1n) is 7.14. The molecule has 1 unspecified atom stereocenters. The highest BCUT2D eigenvalue weighted by Gasteiger charge is 2.24. The molecule has 0 radical (unpaired) electrons. The van der Waals surface area contributed by atoms with Crippen molar-refractivity contribution in [1.82, 2.24) is 4.72 Å². The summed E-state index contributed by atoms with van der Waals surface area (Å²) in [5.74, 6) is -0.535. The summed E-state index contributed by atoms with van der Waals surface area (Å²) >= 11 is 17.6. The van der Waals surface area contributed by atoms with Gasteiger partial charge in [-0.2, -0.15) is 4.72 Å². The lowest BCUT2D eigenvalue weighted by molar-refractivity contribution is -0.117. The number of aryl methyl sites for hydroxylation is 1. The van der Waals surface area contributed by atoms with E-state index < -0.39 is 22.0 Å². The van der Waals surface area contributed by atoms with Gasteiger partial charge in [-0.1, -0.05) is 40.9 Å². The fraction of sp³-hybridized carbons (Fsp3) is 0.188. The summed E-state index contributed by atoms with van der Waals surface area (Å²) < 4.78 is 27.2. The molecule has 2 rings (SSSR count). The summed E-state index contributed by atoms with van der Waals surface area (Å²) in [7, 11) is -4.02. The second-order valence-corrected chi connectivity index (χ2v) is 8.33. The number of hydrogen-bond donors (Lipinski definition) is 2. The van der Waals surface area contributed by atoms with Crippen molar-refractivity contribution in [3.05, 3.63) is 57.0 Å². The van der Waals surface area contributed by atoms with Crippen molar-refractivity contribution >= 4 is 56.4 Å². The van der Waals surface area contributed by atoms with Crippen LogP contribution in [0.3, 0.4) is 0 Å². The normalized spacial score (nSPS) is 12.7. The number of rotatable bonds is 5. The van der Waals surface area contributed by atoms with Crippen LogP contribution in [0.2, 0.25) is 15.1 Å². The van der Waals surface area contributed by atoms with Gasteiger partial charge in [-0.15, -0.1) is 0 Å². The summed E-state index contributed by atoms with van der Waals surface area (Å²) in [5, 5.41) is 3.33. The lowest BCUT2D eigenvalue weighted by atomic mass is 10.2. The highest BCUT2D eigenvalue weighted by Crippen LogP contribution is 2.25. The first-order valence-corrected chi connectivity index (χ1v) is 9.76. The Morgan fingerprint density at radius 3 is 2.32 bits per heavy atom. The lowest BCUT2D eigenvalue weighted by Crippen LogP contribution is -2.41. The van der Waals surface area contributed by atoms with Gasteiger partial charge in [0.15, 0.2) is 0 Å². The van der Waals surface area contributed by atoms with Crippen LogP contribution < -0.4 is 10.0 Å². The highest BCUT2D eigenvalue weighted by molar-refractivity contribution is 7.89. The predicted molar refractivity (Wildman–Crippen MR) is 101 cm³/mol. The summed E-state index contributed by atoms with van der Waals surface area (Å²) in [6.45, 7) is 3.22. The first kappa shape index (κ1) is 20.0. The SMILES string of the molecule is Cc1ccc(Cl)cc1NC(=O)C(C)NS(=O)(=O)c1cc(Cl)ccc1Cl. The van der Waals surface area contributed by atoms with Crippen LogP contribution in [0.15, 0.2) is 41.3 Å². The predicted octanol–water partition coefficient (Wildman–Crippen LogP) is 4.26. The van der Waals surface area contributed by atoms with Crippen molar-refractivity contribution in [2.24, 2.45) is 0 Å². The van der Waals surface area contributed by atoms with Crippen LogP contribution in [0.5, 0.6) is 0 Å². The van der Waals surface area contributed by atoms with E-state index in [-0.39, 0.29) is 14.9 Å². The smallest absolute Gasteiger partial charge is 0.242 e. The minimum Gasteiger partial charge on any atom is -0.324 e. The third-order valence-electron chi connectivity index (χ3n) is 3.37. The minimum absolute atomic E-state index is 0.00944. The Morgan fingerprint density at radius 1 is 1.04 bits per heavy atom. The van der Waals surface area contributed by atoms with Crippen molar-refractivity contribution in [3.63, 3.8) is 0 Å². The largest absolute Gasteiger partial charge is 0.324 e. The average molecular weight is 422 g/mol. The molecule has 0 saturated heterocycles. The van der Waals surface area contributed by atoms with Crippen molar-refractivity contribution in [2.45, 2.75) is 24.8 Å². The summed E-state index contributed by atoms with van der Waals surface area (Å²) in [6.07, 6.45) is 0. The summed E-state index contributed by atoms with van der Waals surface area (Å²) in [5.41, 5.74) is 1.30. The van der Waals surface area contributed by atoms with E-state index in [4.69, 9.17) is 34.8 Å². The molecule has 0 aliphatic heterocycles. The molecule has 0 aliphatic rings. The molecule has 0 bridgehead atoms. The second-order valence-electron chi connectivity index (χ2n) is 5.37. The van der Waals surface area contributed by atoms with Gasteiger partial charge in [-0.05, 0) is 49.7 Å². The van der Waals surface area contributed by atoms with E-state index in [2.05, 4.69) is 10.0 Å². The monoisotopic (exact) mass is 420 g/mol. The zero-order chi connectivity index (χ0) is 18.8. The molecule has 0 spiro atoms. The van der Waals surface area contributed by atoms with Gasteiger partial charge in [0, 0.05) is 15.7 Å². The van der Waals surface area contributed by atoms with Gasteiger partial charge in [0.2, 0.25) is 15.9 Å². The van der Waals surface area contributed by atoms with Crippen molar-refractivity contribution in [3.8, 4) is 0 Å². The van der Waals surface area contributed by atoms with Gasteiger partial charge in [0.05, 0.1) is 11.1 Å². The maximum atomic E-state index is 12.4. The van der Waals surface area contributed by atoms with Gasteiger partial charge < -0.3 is 5.32 Å². The Balaban J connectivity index is 2.17. The molecule has 134 valence electrons. The second kappa shape index (κ2) is 7.93. The van der Waals surface area contributed by atoms with E-state index in [0.29, 0.717) is 10.7 Å². The fourth-order valence-electron chi connectivity index (χ4n) is 2.00. The van der Waals surface area contributed by atoms with E-state index >= 15 is 0 Å². The molecule has 5 nitrogen and oxygen atoms in total. The van der Waals surface area contributed by atoms with Crippen molar-refractivity contribution in [2.75, 3.05) is 5.32 Å². The summed E-state index contributed by atoms with van der Waals surface area (Å²) in [6, 6.07) is 8.05. The van der Waals surface area contributed by atoms with Crippen LogP contribution in [0.1, 0.15) is 12.5 Å². The van der Waals surface area contributed by atoms with Crippen molar-refractivity contribution in [1.29, 1.82) is 0 Å². The molecule has 0 heterocycles. The van der Waals surface area contributed by atoms with Gasteiger partial charge in [-0.25, -0.2) is 8.42 Å². The number of hydrogen-bond acceptors (Lipinski definition) is 3. The number of carbonyl (C=O) groups is 1. The van der Waals surface area contributed by atoms with Crippen LogP contribution in [0.25, 0.3) is 0 Å². The van der Waals surface area contributed by atoms with E-state index in [0.717, 1.165) is 5.56 Å². The van der Waals surface area contributed by atoms with E-state index in [1.807, 2.05) is 0 Å². The average Bonchev–Trinajstić information content (AvgIpc) is 2.52. The molecule has 2 N–H and O–H groups in total. The third kappa shape index (κ3) is 5.09. The molecule has 2 aromatic carbocycles. The van der Waals surface area contributed by atoms with Gasteiger partial charge in [-0.3, -0.25) is 4.79 Å². The van der Waals surface area contributed by atoms with Gasteiger partial charge >= 0.3 is 0 Å². The maximum Gasteiger partial charge on any atom is 0.242 e. The van der Waals surface area contributed by atoms with Crippen molar-refractivity contribution < 1.29 is 13.2 Å². The van der Waals surface area contributed by atoms with E-state index in [9.17, 15) is 13.2 Å². The zero-order valence-electron chi connectivity index (χ0n) is 13.3. The van der Waals surface area contributed by atoms with Gasteiger partial charge in [0.25, 0.3) is 0 Å². The molecule has 9 heteroatoms. The van der Waals surface area contributed by atoms with Crippen LogP contribution in [0, 0.1) is 6.92 Å². The van der Waals surface area contributed by atoms with Crippen LogP contribution >= 0.6 is 34.8 Å². The molecule has 1 amide bonds. The Hall–Kier alpha value is -1.31. The summed E-state index contributed by atoms with van der Waals surface area (Å²) in [4.78, 5) is 12.1. The Kier molecular flexibility index (Phi) is 6.35. The molecule has 0 fully saturated rings. The molecule has 0 saturated carbocycles. The standard InChI is InChI=1S/C16H15Cl3N2O3S/c1-9-3-4-11(17)7-14(9)20-16(22)10(2)21-25(23,24)15-8-12(18)5-6-13(15)19/h3-8,10,21H,1-2H3,(H,20,22).